The van der Waals surface area contributed by atoms with Crippen LogP contribution in [0.15, 0.2) is 79.6 Å². The van der Waals surface area contributed by atoms with E-state index in [9.17, 15) is 10.2 Å². The molecule has 2 aromatic carbocycles. The van der Waals surface area contributed by atoms with E-state index in [0.29, 0.717) is 31.0 Å². The van der Waals surface area contributed by atoms with Crippen molar-refractivity contribution >= 4 is 22.5 Å². The first kappa shape index (κ1) is 25.3. The van der Waals surface area contributed by atoms with Gasteiger partial charge in [0.1, 0.15) is 29.8 Å². The van der Waals surface area contributed by atoms with Crippen LogP contribution in [-0.2, 0) is 6.54 Å². The van der Waals surface area contributed by atoms with Crippen LogP contribution >= 0.6 is 0 Å². The van der Waals surface area contributed by atoms with Gasteiger partial charge in [-0.1, -0.05) is 30.8 Å². The highest BCUT2D eigenvalue weighted by atomic mass is 16.5. The maximum atomic E-state index is 10.2. The van der Waals surface area contributed by atoms with Crippen LogP contribution in [0.5, 0.6) is 11.6 Å². The van der Waals surface area contributed by atoms with Crippen LogP contribution in [-0.4, -0.2) is 42.1 Å². The number of aliphatic hydroxyl groups is 2. The molecule has 1 saturated carbocycles. The molecule has 7 rings (SSSR count). The number of hydrogen-bond donors (Lipinski definition) is 4. The minimum atomic E-state index is -0.837. The lowest BCUT2D eigenvalue weighted by atomic mass is 9.88. The van der Waals surface area contributed by atoms with Crippen LogP contribution < -0.4 is 15.4 Å². The molecule has 0 saturated heterocycles. The van der Waals surface area contributed by atoms with Gasteiger partial charge in [0.2, 0.25) is 5.88 Å². The lowest BCUT2D eigenvalue weighted by Crippen LogP contribution is -2.31. The van der Waals surface area contributed by atoms with Crippen molar-refractivity contribution < 1.29 is 14.9 Å². The van der Waals surface area contributed by atoms with Crippen LogP contribution in [0.4, 0.5) is 11.5 Å². The van der Waals surface area contributed by atoms with Crippen LogP contribution in [0.1, 0.15) is 30.1 Å². The van der Waals surface area contributed by atoms with Gasteiger partial charge in [-0.15, -0.1) is 0 Å². The molecule has 1 fully saturated rings. The number of aromatic nitrogens is 4. The van der Waals surface area contributed by atoms with E-state index in [4.69, 9.17) is 9.72 Å². The van der Waals surface area contributed by atoms with Gasteiger partial charge in [-0.2, -0.15) is 0 Å². The Hall–Kier alpha value is -4.73. The first-order chi connectivity index (χ1) is 20.0. The summed E-state index contributed by atoms with van der Waals surface area (Å²) in [4.78, 5) is 13.9. The lowest BCUT2D eigenvalue weighted by molar-refractivity contribution is 0.0508. The summed E-state index contributed by atoms with van der Waals surface area (Å²) in [6, 6.07) is 19.9. The molecule has 9 heteroatoms. The summed E-state index contributed by atoms with van der Waals surface area (Å²) >= 11 is 0. The van der Waals surface area contributed by atoms with Crippen LogP contribution in [0, 0.1) is 6.92 Å². The molecule has 1 aliphatic heterocycles. The minimum absolute atomic E-state index is 0.109. The van der Waals surface area contributed by atoms with Gasteiger partial charge in [0.25, 0.3) is 0 Å². The molecular weight excluding hydrogens is 516 g/mol. The van der Waals surface area contributed by atoms with Crippen molar-refractivity contribution in [3.63, 3.8) is 0 Å². The first-order valence-corrected chi connectivity index (χ1v) is 13.7. The SMILES string of the molecule is C=CC(O)Nc1ccc(-c2c3c4c(ncnc4n2[C@H]2C[C@H](O)C2)NCc2cc(Oc4cccc(C)n4)ccc2-3)cc1. The predicted molar refractivity (Wildman–Crippen MR) is 159 cm³/mol. The van der Waals surface area contributed by atoms with Gasteiger partial charge >= 0.3 is 0 Å². The molecule has 1 unspecified atom stereocenters. The average molecular weight is 547 g/mol. The summed E-state index contributed by atoms with van der Waals surface area (Å²) in [6.45, 7) is 6.14. The number of nitrogens with one attached hydrogen (secondary N) is 2. The van der Waals surface area contributed by atoms with E-state index in [1.165, 1.54) is 6.08 Å². The van der Waals surface area contributed by atoms with Gasteiger partial charge in [0.05, 0.1) is 17.2 Å². The Morgan fingerprint density at radius 1 is 1.12 bits per heavy atom. The lowest BCUT2D eigenvalue weighted by Gasteiger charge is -2.34. The number of nitrogens with zero attached hydrogens (tertiary/aromatic N) is 4. The number of benzene rings is 2. The van der Waals surface area contributed by atoms with E-state index >= 15 is 0 Å². The Morgan fingerprint density at radius 2 is 1.95 bits per heavy atom. The Labute approximate surface area is 237 Å². The van der Waals surface area contributed by atoms with Crippen molar-refractivity contribution in [1.82, 2.24) is 19.5 Å². The average Bonchev–Trinajstić information content (AvgIpc) is 3.20. The van der Waals surface area contributed by atoms with E-state index in [-0.39, 0.29) is 12.1 Å². The smallest absolute Gasteiger partial charge is 0.219 e. The largest absolute Gasteiger partial charge is 0.439 e. The van der Waals surface area contributed by atoms with Crippen molar-refractivity contribution in [2.45, 2.75) is 44.7 Å². The van der Waals surface area contributed by atoms with Gasteiger partial charge in [-0.3, -0.25) is 0 Å². The molecule has 0 bridgehead atoms. The zero-order valence-corrected chi connectivity index (χ0v) is 22.6. The molecule has 41 heavy (non-hydrogen) atoms. The molecule has 1 atom stereocenters. The summed E-state index contributed by atoms with van der Waals surface area (Å²) in [5.74, 6) is 2.03. The first-order valence-electron chi connectivity index (χ1n) is 13.7. The number of hydrogen-bond acceptors (Lipinski definition) is 8. The third-order valence-corrected chi connectivity index (χ3v) is 7.81. The second-order valence-electron chi connectivity index (χ2n) is 10.6. The van der Waals surface area contributed by atoms with E-state index in [2.05, 4.69) is 43.9 Å². The summed E-state index contributed by atoms with van der Waals surface area (Å²) in [7, 11) is 0. The number of aryl methyl sites for hydroxylation is 1. The van der Waals surface area contributed by atoms with E-state index in [1.54, 1.807) is 6.33 Å². The molecule has 206 valence electrons. The Kier molecular flexibility index (Phi) is 6.18. The highest BCUT2D eigenvalue weighted by Crippen LogP contribution is 2.50. The molecule has 4 heterocycles. The number of anilines is 2. The molecule has 0 radical (unpaired) electrons. The fraction of sp³-hybridized carbons (Fsp3) is 0.219. The zero-order chi connectivity index (χ0) is 28.1. The summed E-state index contributed by atoms with van der Waals surface area (Å²) < 4.78 is 8.40. The number of aliphatic hydroxyl groups excluding tert-OH is 2. The van der Waals surface area contributed by atoms with Gasteiger partial charge in [0.15, 0.2) is 0 Å². The molecule has 5 aromatic rings. The Balaban J connectivity index is 1.40. The molecule has 0 spiro atoms. The Bertz CT molecular complexity index is 1780. The second-order valence-corrected chi connectivity index (χ2v) is 10.6. The highest BCUT2D eigenvalue weighted by Gasteiger charge is 2.36. The highest BCUT2D eigenvalue weighted by molar-refractivity contribution is 6.09. The molecule has 2 aliphatic rings. The number of pyridine rings is 1. The van der Waals surface area contributed by atoms with Crippen molar-refractivity contribution in [3.8, 4) is 34.0 Å². The molecule has 9 nitrogen and oxygen atoms in total. The van der Waals surface area contributed by atoms with Gasteiger partial charge in [0, 0.05) is 35.6 Å². The number of rotatable bonds is 7. The third-order valence-electron chi connectivity index (χ3n) is 7.81. The number of ether oxygens (including phenoxy) is 1. The molecule has 4 N–H and O–H groups in total. The summed E-state index contributed by atoms with van der Waals surface area (Å²) in [5.41, 5.74) is 7.71. The van der Waals surface area contributed by atoms with Crippen molar-refractivity contribution in [3.05, 3.63) is 90.9 Å². The second kappa shape index (κ2) is 10.0. The molecule has 1 aliphatic carbocycles. The molecular formula is C32H30N6O3. The third kappa shape index (κ3) is 4.49. The Morgan fingerprint density at radius 3 is 2.71 bits per heavy atom. The standard InChI is InChI=1S/C32H30N6O3/c1-3-26(40)37-21-9-7-19(8-10-21)30-28-25-12-11-24(41-27-6-4-5-18(2)36-27)13-20(25)16-33-31-29(28)32(35-17-34-31)38(30)22-14-23(39)15-22/h3-13,17,22-23,26,37,39-40H,1,14-16H2,2H3,(H,33,34,35)/t22-,23-,26?. The maximum Gasteiger partial charge on any atom is 0.219 e. The predicted octanol–water partition coefficient (Wildman–Crippen LogP) is 5.80. The van der Waals surface area contributed by atoms with E-state index in [0.717, 1.165) is 56.2 Å². The van der Waals surface area contributed by atoms with Gasteiger partial charge in [-0.25, -0.2) is 15.0 Å². The normalized spacial score (nSPS) is 18.0. The van der Waals surface area contributed by atoms with Crippen LogP contribution in [0.3, 0.4) is 0 Å². The van der Waals surface area contributed by atoms with E-state index in [1.807, 2.05) is 55.5 Å². The zero-order valence-electron chi connectivity index (χ0n) is 22.6. The van der Waals surface area contributed by atoms with Gasteiger partial charge in [-0.05, 0) is 72.9 Å². The van der Waals surface area contributed by atoms with Crippen molar-refractivity contribution in [2.24, 2.45) is 0 Å². The summed E-state index contributed by atoms with van der Waals surface area (Å²) in [5, 5.41) is 27.7. The quantitative estimate of drug-likeness (QED) is 0.150. The molecule has 0 amide bonds. The van der Waals surface area contributed by atoms with E-state index < -0.39 is 6.23 Å². The van der Waals surface area contributed by atoms with Crippen molar-refractivity contribution in [2.75, 3.05) is 10.6 Å². The fourth-order valence-electron chi connectivity index (χ4n) is 5.79. The topological polar surface area (TPSA) is 117 Å². The van der Waals surface area contributed by atoms with Crippen LogP contribution in [0.25, 0.3) is 33.4 Å². The molecule has 3 aromatic heterocycles. The monoisotopic (exact) mass is 546 g/mol. The fourth-order valence-corrected chi connectivity index (χ4v) is 5.79. The number of fused-ring (bicyclic) bond motifs is 2. The van der Waals surface area contributed by atoms with Crippen molar-refractivity contribution in [1.29, 1.82) is 0 Å². The van der Waals surface area contributed by atoms with Crippen LogP contribution in [0.2, 0.25) is 0 Å². The minimum Gasteiger partial charge on any atom is -0.439 e. The maximum absolute atomic E-state index is 10.2. The summed E-state index contributed by atoms with van der Waals surface area (Å²) in [6.07, 6.45) is 3.21. The van der Waals surface area contributed by atoms with Gasteiger partial charge < -0.3 is 30.2 Å².